The number of thioether (sulfide) groups is 1. The quantitative estimate of drug-likeness (QED) is 0.776. The lowest BCUT2D eigenvalue weighted by Crippen LogP contribution is -1.85. The number of benzene rings is 1. The second-order valence-electron chi connectivity index (χ2n) is 3.77. The number of hydrogen-bond donors (Lipinski definition) is 0. The Morgan fingerprint density at radius 3 is 2.47 bits per heavy atom. The molecule has 0 unspecified atom stereocenters. The first-order chi connectivity index (χ1) is 8.20. The van der Waals surface area contributed by atoms with E-state index in [1.54, 1.807) is 18.9 Å². The summed E-state index contributed by atoms with van der Waals surface area (Å²) in [5.41, 5.74) is 2.16. The van der Waals surface area contributed by atoms with Crippen LogP contribution < -0.4 is 4.74 Å². The van der Waals surface area contributed by atoms with Crippen molar-refractivity contribution in [2.75, 3.05) is 7.11 Å². The molecule has 1 aromatic carbocycles. The summed E-state index contributed by atoms with van der Waals surface area (Å²) in [6, 6.07) is 8.05. The first-order valence-corrected chi connectivity index (χ1v) is 6.38. The molecule has 2 rings (SSSR count). The minimum atomic E-state index is 0.881. The maximum absolute atomic E-state index is 5.14. The average molecular weight is 249 g/mol. The Balaban J connectivity index is 2.02. The van der Waals surface area contributed by atoms with Gasteiger partial charge in [0.15, 0.2) is 0 Å². The molecule has 1 aromatic heterocycles. The van der Waals surface area contributed by atoms with E-state index in [0.29, 0.717) is 0 Å². The monoisotopic (exact) mass is 249 g/mol. The molecule has 0 fully saturated rings. The lowest BCUT2D eigenvalue weighted by molar-refractivity contribution is 0.392. The van der Waals surface area contributed by atoms with Crippen LogP contribution in [0.5, 0.6) is 5.75 Å². The van der Waals surface area contributed by atoms with E-state index in [0.717, 1.165) is 23.0 Å². The highest BCUT2D eigenvalue weighted by atomic mass is 32.2. The van der Waals surface area contributed by atoms with Gasteiger partial charge in [-0.1, -0.05) is 5.16 Å². The molecule has 0 aliphatic rings. The van der Waals surface area contributed by atoms with Gasteiger partial charge in [0.25, 0.3) is 0 Å². The Labute approximate surface area is 105 Å². The number of hydrogen-bond acceptors (Lipinski definition) is 4. The van der Waals surface area contributed by atoms with Crippen molar-refractivity contribution in [1.82, 2.24) is 5.16 Å². The van der Waals surface area contributed by atoms with Gasteiger partial charge in [0.2, 0.25) is 0 Å². The molecule has 0 aliphatic carbocycles. The second-order valence-corrected chi connectivity index (χ2v) is 4.82. The highest BCUT2D eigenvalue weighted by Gasteiger charge is 2.08. The van der Waals surface area contributed by atoms with Crippen molar-refractivity contribution in [3.05, 3.63) is 41.3 Å². The van der Waals surface area contributed by atoms with Crippen molar-refractivity contribution >= 4 is 11.8 Å². The van der Waals surface area contributed by atoms with Crippen molar-refractivity contribution in [3.8, 4) is 5.75 Å². The number of aryl methyl sites for hydroxylation is 2. The van der Waals surface area contributed by atoms with Crippen LogP contribution in [0.4, 0.5) is 0 Å². The van der Waals surface area contributed by atoms with Gasteiger partial charge in [-0.05, 0) is 38.1 Å². The maximum atomic E-state index is 5.14. The fourth-order valence-corrected chi connectivity index (χ4v) is 2.59. The molecule has 4 heteroatoms. The molecule has 0 bridgehead atoms. The molecule has 0 spiro atoms. The molecule has 90 valence electrons. The molecule has 17 heavy (non-hydrogen) atoms. The maximum Gasteiger partial charge on any atom is 0.137 e. The number of rotatable bonds is 4. The third-order valence-electron chi connectivity index (χ3n) is 2.62. The molecule has 0 saturated carbocycles. The minimum absolute atomic E-state index is 0.881. The van der Waals surface area contributed by atoms with E-state index in [2.05, 4.69) is 17.3 Å². The van der Waals surface area contributed by atoms with Gasteiger partial charge in [-0.25, -0.2) is 0 Å². The molecule has 0 atom stereocenters. The first kappa shape index (κ1) is 12.0. The van der Waals surface area contributed by atoms with Crippen LogP contribution in [0.3, 0.4) is 0 Å². The van der Waals surface area contributed by atoms with Gasteiger partial charge in [-0.3, -0.25) is 0 Å². The predicted molar refractivity (Wildman–Crippen MR) is 68.5 cm³/mol. The summed E-state index contributed by atoms with van der Waals surface area (Å²) >= 11 is 1.77. The van der Waals surface area contributed by atoms with Crippen molar-refractivity contribution in [1.29, 1.82) is 0 Å². The second kappa shape index (κ2) is 5.27. The molecule has 1 heterocycles. The topological polar surface area (TPSA) is 35.3 Å². The number of ether oxygens (including phenoxy) is 1. The van der Waals surface area contributed by atoms with Crippen molar-refractivity contribution in [3.63, 3.8) is 0 Å². The van der Waals surface area contributed by atoms with Gasteiger partial charge in [0, 0.05) is 16.2 Å². The largest absolute Gasteiger partial charge is 0.497 e. The molecule has 2 aromatic rings. The molecule has 0 amide bonds. The Morgan fingerprint density at radius 1 is 1.24 bits per heavy atom. The van der Waals surface area contributed by atoms with Crippen LogP contribution in [0.15, 0.2) is 33.7 Å². The van der Waals surface area contributed by atoms with Crippen LogP contribution >= 0.6 is 11.8 Å². The average Bonchev–Trinajstić information content (AvgIpc) is 2.67. The Hall–Kier alpha value is -1.42. The van der Waals surface area contributed by atoms with E-state index in [1.807, 2.05) is 26.0 Å². The number of aromatic nitrogens is 1. The molecule has 0 radical (unpaired) electrons. The SMILES string of the molecule is COc1ccc(SCc2c(C)noc2C)cc1. The zero-order valence-electron chi connectivity index (χ0n) is 10.2. The summed E-state index contributed by atoms with van der Waals surface area (Å²) < 4.78 is 10.3. The summed E-state index contributed by atoms with van der Waals surface area (Å²) in [7, 11) is 1.67. The zero-order valence-corrected chi connectivity index (χ0v) is 11.0. The molecule has 0 saturated heterocycles. The van der Waals surface area contributed by atoms with Crippen molar-refractivity contribution < 1.29 is 9.26 Å². The van der Waals surface area contributed by atoms with Crippen LogP contribution in [0.25, 0.3) is 0 Å². The third-order valence-corrected chi connectivity index (χ3v) is 3.66. The van der Waals surface area contributed by atoms with E-state index >= 15 is 0 Å². The van der Waals surface area contributed by atoms with Gasteiger partial charge in [-0.2, -0.15) is 0 Å². The molecule has 0 aliphatic heterocycles. The van der Waals surface area contributed by atoms with Crippen LogP contribution in [-0.4, -0.2) is 12.3 Å². The number of nitrogens with zero attached hydrogens (tertiary/aromatic N) is 1. The van der Waals surface area contributed by atoms with E-state index in [1.165, 1.54) is 10.5 Å². The van der Waals surface area contributed by atoms with E-state index in [4.69, 9.17) is 9.26 Å². The molecule has 3 nitrogen and oxygen atoms in total. The summed E-state index contributed by atoms with van der Waals surface area (Å²) in [5, 5.41) is 3.95. The van der Waals surface area contributed by atoms with Crippen LogP contribution in [0, 0.1) is 13.8 Å². The first-order valence-electron chi connectivity index (χ1n) is 5.39. The van der Waals surface area contributed by atoms with Crippen LogP contribution in [-0.2, 0) is 5.75 Å². The van der Waals surface area contributed by atoms with Gasteiger partial charge >= 0.3 is 0 Å². The molecule has 0 N–H and O–H groups in total. The lowest BCUT2D eigenvalue weighted by Gasteiger charge is -2.03. The fourth-order valence-electron chi connectivity index (χ4n) is 1.54. The van der Waals surface area contributed by atoms with Crippen LogP contribution in [0.2, 0.25) is 0 Å². The molecular formula is C13H15NO2S. The summed E-state index contributed by atoms with van der Waals surface area (Å²) in [6.07, 6.45) is 0. The highest BCUT2D eigenvalue weighted by Crippen LogP contribution is 2.27. The minimum Gasteiger partial charge on any atom is -0.497 e. The van der Waals surface area contributed by atoms with E-state index in [9.17, 15) is 0 Å². The predicted octanol–water partition coefficient (Wildman–Crippen LogP) is 3.59. The van der Waals surface area contributed by atoms with E-state index < -0.39 is 0 Å². The highest BCUT2D eigenvalue weighted by molar-refractivity contribution is 7.98. The van der Waals surface area contributed by atoms with Gasteiger partial charge in [0.05, 0.1) is 12.8 Å². The standard InChI is InChI=1S/C13H15NO2S/c1-9-13(10(2)16-14-9)8-17-12-6-4-11(15-3)5-7-12/h4-7H,8H2,1-3H3. The lowest BCUT2D eigenvalue weighted by atomic mass is 10.2. The van der Waals surface area contributed by atoms with E-state index in [-0.39, 0.29) is 0 Å². The fraction of sp³-hybridized carbons (Fsp3) is 0.308. The van der Waals surface area contributed by atoms with Gasteiger partial charge in [0.1, 0.15) is 11.5 Å². The third kappa shape index (κ3) is 2.82. The summed E-state index contributed by atoms with van der Waals surface area (Å²) in [4.78, 5) is 1.21. The normalized spacial score (nSPS) is 10.5. The van der Waals surface area contributed by atoms with Crippen molar-refractivity contribution in [2.24, 2.45) is 0 Å². The smallest absolute Gasteiger partial charge is 0.137 e. The van der Waals surface area contributed by atoms with Gasteiger partial charge < -0.3 is 9.26 Å². The van der Waals surface area contributed by atoms with Gasteiger partial charge in [-0.15, -0.1) is 11.8 Å². The Kier molecular flexibility index (Phi) is 3.74. The van der Waals surface area contributed by atoms with Crippen LogP contribution in [0.1, 0.15) is 17.0 Å². The Bertz CT molecular complexity index is 471. The summed E-state index contributed by atoms with van der Waals surface area (Å²) in [5.74, 6) is 2.67. The zero-order chi connectivity index (χ0) is 12.3. The number of methoxy groups -OCH3 is 1. The van der Waals surface area contributed by atoms with Crippen molar-refractivity contribution in [2.45, 2.75) is 24.5 Å². The Morgan fingerprint density at radius 2 is 1.94 bits per heavy atom. The summed E-state index contributed by atoms with van der Waals surface area (Å²) in [6.45, 7) is 3.92. The molecular weight excluding hydrogens is 234 g/mol.